The first kappa shape index (κ1) is 23.3. The van der Waals surface area contributed by atoms with E-state index in [4.69, 9.17) is 21.4 Å². The van der Waals surface area contributed by atoms with E-state index in [1.54, 1.807) is 36.4 Å². The Morgan fingerprint density at radius 3 is 2.59 bits per heavy atom. The highest BCUT2D eigenvalue weighted by Gasteiger charge is 2.14. The number of carbonyl (C=O) groups excluding carboxylic acids is 1. The van der Waals surface area contributed by atoms with Crippen molar-refractivity contribution in [2.75, 3.05) is 11.9 Å². The summed E-state index contributed by atoms with van der Waals surface area (Å²) in [7, 11) is 0. The van der Waals surface area contributed by atoms with Crippen molar-refractivity contribution in [2.45, 2.75) is 26.7 Å². The molecule has 1 aromatic heterocycles. The fraction of sp³-hybridized carbons (Fsp3) is 0.192. The predicted octanol–water partition coefficient (Wildman–Crippen LogP) is 5.68. The van der Waals surface area contributed by atoms with Gasteiger partial charge in [-0.3, -0.25) is 10.1 Å². The van der Waals surface area contributed by atoms with Crippen LogP contribution < -0.4 is 15.4 Å². The monoisotopic (exact) mass is 475 g/mol. The number of ether oxygens (including phenoxy) is 1. The highest BCUT2D eigenvalue weighted by molar-refractivity contribution is 7.80. The number of hydrogen-bond donors (Lipinski definition) is 3. The Morgan fingerprint density at radius 1 is 1.09 bits per heavy atom. The minimum absolute atomic E-state index is 0.0240. The third kappa shape index (κ3) is 5.35. The van der Waals surface area contributed by atoms with Gasteiger partial charge in [0.15, 0.2) is 10.7 Å². The second kappa shape index (κ2) is 10.4. The number of aromatic nitrogens is 1. The summed E-state index contributed by atoms with van der Waals surface area (Å²) in [5, 5.41) is 16.2. The van der Waals surface area contributed by atoms with E-state index >= 15 is 0 Å². The fourth-order valence-corrected chi connectivity index (χ4v) is 3.57. The van der Waals surface area contributed by atoms with Crippen LogP contribution in [0, 0.1) is 0 Å². The van der Waals surface area contributed by atoms with Gasteiger partial charge in [0.1, 0.15) is 17.0 Å². The second-order valence-electron chi connectivity index (χ2n) is 7.69. The van der Waals surface area contributed by atoms with Crippen LogP contribution in [0.1, 0.15) is 36.2 Å². The van der Waals surface area contributed by atoms with Gasteiger partial charge in [0.25, 0.3) is 5.91 Å². The number of nitrogens with zero attached hydrogens (tertiary/aromatic N) is 1. The van der Waals surface area contributed by atoms with Gasteiger partial charge in [0.05, 0.1) is 12.2 Å². The van der Waals surface area contributed by atoms with Crippen molar-refractivity contribution in [2.24, 2.45) is 0 Å². The van der Waals surface area contributed by atoms with Crippen LogP contribution in [0.15, 0.2) is 65.1 Å². The summed E-state index contributed by atoms with van der Waals surface area (Å²) in [6.07, 6.45) is 1.81. The number of fused-ring (bicyclic) bond motifs is 1. The minimum Gasteiger partial charge on any atom is -0.507 e. The molecule has 0 atom stereocenters. The zero-order valence-corrected chi connectivity index (χ0v) is 19.7. The molecule has 0 aliphatic carbocycles. The van der Waals surface area contributed by atoms with Gasteiger partial charge < -0.3 is 19.6 Å². The van der Waals surface area contributed by atoms with Crippen LogP contribution in [0.3, 0.4) is 0 Å². The molecule has 8 heteroatoms. The third-order valence-electron chi connectivity index (χ3n) is 5.16. The average Bonchev–Trinajstić information content (AvgIpc) is 3.25. The SMILES string of the molecule is CCCOc1ccc(C(=O)NC(=S)Nc2ccc(-c3nc4cc(CC)ccc4o3)c(O)c2)cc1. The van der Waals surface area contributed by atoms with Crippen LogP contribution in [0.4, 0.5) is 5.69 Å². The molecule has 0 saturated carbocycles. The Balaban J connectivity index is 1.41. The van der Waals surface area contributed by atoms with Crippen LogP contribution in [-0.4, -0.2) is 27.7 Å². The molecule has 3 aromatic carbocycles. The smallest absolute Gasteiger partial charge is 0.257 e. The maximum absolute atomic E-state index is 12.5. The number of phenolic OH excluding ortho intramolecular Hbond substituents is 1. The van der Waals surface area contributed by atoms with E-state index in [-0.39, 0.29) is 16.8 Å². The van der Waals surface area contributed by atoms with Crippen molar-refractivity contribution in [3.63, 3.8) is 0 Å². The molecule has 34 heavy (non-hydrogen) atoms. The topological polar surface area (TPSA) is 96.6 Å². The summed E-state index contributed by atoms with van der Waals surface area (Å²) in [5.41, 5.74) is 3.98. The fourth-order valence-electron chi connectivity index (χ4n) is 3.36. The van der Waals surface area contributed by atoms with Crippen LogP contribution >= 0.6 is 12.2 Å². The molecule has 0 bridgehead atoms. The second-order valence-corrected chi connectivity index (χ2v) is 8.10. The minimum atomic E-state index is -0.349. The maximum Gasteiger partial charge on any atom is 0.257 e. The number of thiocarbonyl (C=S) groups is 1. The summed E-state index contributed by atoms with van der Waals surface area (Å²) in [5.74, 6) is 0.663. The van der Waals surface area contributed by atoms with Gasteiger partial charge in [0, 0.05) is 17.3 Å². The Morgan fingerprint density at radius 2 is 1.88 bits per heavy atom. The molecule has 0 saturated heterocycles. The lowest BCUT2D eigenvalue weighted by atomic mass is 10.1. The summed E-state index contributed by atoms with van der Waals surface area (Å²) in [6.45, 7) is 4.73. The quantitative estimate of drug-likeness (QED) is 0.296. The number of rotatable bonds is 7. The molecular weight excluding hydrogens is 450 g/mol. The molecule has 4 rings (SSSR count). The number of benzene rings is 3. The molecule has 0 unspecified atom stereocenters. The van der Waals surface area contributed by atoms with Crippen molar-refractivity contribution < 1.29 is 19.1 Å². The number of amides is 1. The number of aromatic hydroxyl groups is 1. The lowest BCUT2D eigenvalue weighted by Crippen LogP contribution is -2.34. The normalized spacial score (nSPS) is 10.8. The van der Waals surface area contributed by atoms with Gasteiger partial charge in [0.2, 0.25) is 5.89 Å². The molecule has 0 aliphatic rings. The van der Waals surface area contributed by atoms with Gasteiger partial charge in [-0.05, 0) is 79.2 Å². The van der Waals surface area contributed by atoms with Crippen molar-refractivity contribution in [3.05, 3.63) is 71.8 Å². The average molecular weight is 476 g/mol. The van der Waals surface area contributed by atoms with Crippen molar-refractivity contribution in [3.8, 4) is 23.0 Å². The lowest BCUT2D eigenvalue weighted by Gasteiger charge is -2.11. The number of anilines is 1. The molecule has 0 radical (unpaired) electrons. The van der Waals surface area contributed by atoms with E-state index in [2.05, 4.69) is 22.5 Å². The summed E-state index contributed by atoms with van der Waals surface area (Å²) >= 11 is 5.25. The Labute approximate surface area is 202 Å². The number of phenols is 1. The molecule has 3 N–H and O–H groups in total. The van der Waals surface area contributed by atoms with E-state index in [0.29, 0.717) is 40.6 Å². The van der Waals surface area contributed by atoms with Crippen molar-refractivity contribution in [1.29, 1.82) is 0 Å². The predicted molar refractivity (Wildman–Crippen MR) is 136 cm³/mol. The number of aryl methyl sites for hydroxylation is 1. The number of carbonyl (C=O) groups is 1. The Hall–Kier alpha value is -3.91. The molecule has 1 heterocycles. The summed E-state index contributed by atoms with van der Waals surface area (Å²) < 4.78 is 11.3. The number of oxazole rings is 1. The highest BCUT2D eigenvalue weighted by Crippen LogP contribution is 2.33. The first-order chi connectivity index (χ1) is 16.5. The Bertz CT molecular complexity index is 1330. The number of nitrogens with one attached hydrogen (secondary N) is 2. The third-order valence-corrected chi connectivity index (χ3v) is 5.37. The summed E-state index contributed by atoms with van der Waals surface area (Å²) in [6, 6.07) is 17.6. The van der Waals surface area contributed by atoms with Crippen LogP contribution in [-0.2, 0) is 6.42 Å². The van der Waals surface area contributed by atoms with Gasteiger partial charge >= 0.3 is 0 Å². The van der Waals surface area contributed by atoms with Crippen LogP contribution in [0.5, 0.6) is 11.5 Å². The van der Waals surface area contributed by atoms with Crippen LogP contribution in [0.25, 0.3) is 22.6 Å². The molecule has 4 aromatic rings. The lowest BCUT2D eigenvalue weighted by molar-refractivity contribution is 0.0977. The Kier molecular flexibility index (Phi) is 7.08. The zero-order chi connectivity index (χ0) is 24.1. The van der Waals surface area contributed by atoms with E-state index in [1.165, 1.54) is 6.07 Å². The van der Waals surface area contributed by atoms with E-state index < -0.39 is 0 Å². The van der Waals surface area contributed by atoms with Crippen molar-refractivity contribution >= 4 is 40.0 Å². The molecule has 1 amide bonds. The zero-order valence-electron chi connectivity index (χ0n) is 18.9. The van der Waals surface area contributed by atoms with E-state index in [1.807, 2.05) is 25.1 Å². The molecule has 7 nitrogen and oxygen atoms in total. The number of hydrogen-bond acceptors (Lipinski definition) is 6. The maximum atomic E-state index is 12.5. The van der Waals surface area contributed by atoms with Crippen molar-refractivity contribution in [1.82, 2.24) is 10.3 Å². The summed E-state index contributed by atoms with van der Waals surface area (Å²) in [4.78, 5) is 17.0. The highest BCUT2D eigenvalue weighted by atomic mass is 32.1. The molecular formula is C26H25N3O4S. The van der Waals surface area contributed by atoms with E-state index in [9.17, 15) is 9.90 Å². The first-order valence-corrected chi connectivity index (χ1v) is 11.5. The standard InChI is InChI=1S/C26H25N3O4S/c1-3-13-32-19-9-6-17(7-10-19)24(31)29-26(34)27-18-8-11-20(22(30)15-18)25-28-21-14-16(4-2)5-12-23(21)33-25/h5-12,14-15,30H,3-4,13H2,1-2H3,(H2,27,29,31,34). The molecule has 174 valence electrons. The van der Waals surface area contributed by atoms with E-state index in [0.717, 1.165) is 23.9 Å². The largest absolute Gasteiger partial charge is 0.507 e. The van der Waals surface area contributed by atoms with Gasteiger partial charge in [-0.25, -0.2) is 4.98 Å². The van der Waals surface area contributed by atoms with Gasteiger partial charge in [-0.15, -0.1) is 0 Å². The first-order valence-electron chi connectivity index (χ1n) is 11.0. The molecule has 0 spiro atoms. The van der Waals surface area contributed by atoms with Gasteiger partial charge in [-0.2, -0.15) is 0 Å². The van der Waals surface area contributed by atoms with Gasteiger partial charge in [-0.1, -0.05) is 19.9 Å². The van der Waals surface area contributed by atoms with Crippen LogP contribution in [0.2, 0.25) is 0 Å². The molecule has 0 aliphatic heterocycles. The molecule has 0 fully saturated rings.